The van der Waals surface area contributed by atoms with Gasteiger partial charge in [-0.15, -0.1) is 0 Å². The van der Waals surface area contributed by atoms with Gasteiger partial charge in [0.05, 0.1) is 18.0 Å². The maximum Gasteiger partial charge on any atom is 0.335 e. The van der Waals surface area contributed by atoms with Gasteiger partial charge in [-0.1, -0.05) is 36.4 Å². The molecule has 2 unspecified atom stereocenters. The first kappa shape index (κ1) is 16.3. The van der Waals surface area contributed by atoms with Crippen molar-refractivity contribution in [1.82, 2.24) is 4.90 Å². The summed E-state index contributed by atoms with van der Waals surface area (Å²) in [6.07, 6.45) is 0.877. The normalized spacial score (nSPS) is 21.3. The van der Waals surface area contributed by atoms with Crippen LogP contribution in [0.2, 0.25) is 0 Å². The summed E-state index contributed by atoms with van der Waals surface area (Å²) in [6, 6.07) is 15.3. The van der Waals surface area contributed by atoms with Crippen molar-refractivity contribution in [2.24, 2.45) is 0 Å². The summed E-state index contributed by atoms with van der Waals surface area (Å²) < 4.78 is 0. The molecule has 6 nitrogen and oxygen atoms in total. The molecule has 2 aliphatic heterocycles. The van der Waals surface area contributed by atoms with Crippen LogP contribution in [0.3, 0.4) is 0 Å². The van der Waals surface area contributed by atoms with Gasteiger partial charge in [-0.3, -0.25) is 9.59 Å². The molecule has 2 aromatic carbocycles. The maximum absolute atomic E-state index is 12.8. The van der Waals surface area contributed by atoms with Crippen molar-refractivity contribution in [2.45, 2.75) is 24.9 Å². The molecule has 2 saturated heterocycles. The Bertz CT molecular complexity index is 880. The molecule has 26 heavy (non-hydrogen) atoms. The highest BCUT2D eigenvalue weighted by Crippen LogP contribution is 2.36. The zero-order valence-electron chi connectivity index (χ0n) is 14.0. The van der Waals surface area contributed by atoms with Crippen LogP contribution in [0.5, 0.6) is 0 Å². The van der Waals surface area contributed by atoms with E-state index in [-0.39, 0.29) is 29.8 Å². The third kappa shape index (κ3) is 2.73. The number of piperazine rings is 1. The number of carbonyl (C=O) groups is 3. The third-order valence-corrected chi connectivity index (χ3v) is 5.06. The molecule has 0 saturated carbocycles. The van der Waals surface area contributed by atoms with E-state index in [0.717, 1.165) is 5.56 Å². The molecule has 2 amide bonds. The van der Waals surface area contributed by atoms with Crippen molar-refractivity contribution in [3.8, 4) is 0 Å². The molecule has 1 N–H and O–H groups in total. The van der Waals surface area contributed by atoms with Crippen LogP contribution >= 0.6 is 0 Å². The number of anilines is 1. The second kappa shape index (κ2) is 6.29. The van der Waals surface area contributed by atoms with Gasteiger partial charge in [0, 0.05) is 12.2 Å². The number of benzene rings is 2. The minimum absolute atomic E-state index is 0.0454. The zero-order chi connectivity index (χ0) is 18.3. The molecular formula is C20H18N2O4. The van der Waals surface area contributed by atoms with Crippen LogP contribution in [0, 0.1) is 0 Å². The lowest BCUT2D eigenvalue weighted by Crippen LogP contribution is -2.52. The van der Waals surface area contributed by atoms with Gasteiger partial charge in [-0.25, -0.2) is 4.79 Å². The molecule has 132 valence electrons. The maximum atomic E-state index is 12.8. The number of carboxylic acid groups (broad SMARTS) is 1. The minimum Gasteiger partial charge on any atom is -0.478 e. The number of rotatable bonds is 4. The number of nitrogens with zero attached hydrogens (tertiary/aromatic N) is 2. The lowest BCUT2D eigenvalue weighted by Gasteiger charge is -2.34. The van der Waals surface area contributed by atoms with E-state index in [1.807, 2.05) is 30.3 Å². The summed E-state index contributed by atoms with van der Waals surface area (Å²) in [7, 11) is 0. The first-order valence-corrected chi connectivity index (χ1v) is 8.54. The Balaban J connectivity index is 1.51. The zero-order valence-corrected chi connectivity index (χ0v) is 14.0. The Morgan fingerprint density at radius 2 is 1.85 bits per heavy atom. The average molecular weight is 350 g/mol. The highest BCUT2D eigenvalue weighted by Gasteiger charge is 2.51. The van der Waals surface area contributed by atoms with Crippen LogP contribution < -0.4 is 4.90 Å². The molecule has 2 aromatic rings. The molecule has 2 atom stereocenters. The lowest BCUT2D eigenvalue weighted by atomic mass is 10.1. The molecule has 0 radical (unpaired) electrons. The number of fused-ring (bicyclic) bond motifs is 2. The second-order valence-electron chi connectivity index (χ2n) is 6.68. The molecule has 4 rings (SSSR count). The predicted molar refractivity (Wildman–Crippen MR) is 94.9 cm³/mol. The number of carbonyl (C=O) groups excluding carboxylic acids is 2. The quantitative estimate of drug-likeness (QED) is 0.914. The Morgan fingerprint density at radius 1 is 1.08 bits per heavy atom. The van der Waals surface area contributed by atoms with E-state index < -0.39 is 12.0 Å². The van der Waals surface area contributed by atoms with Crippen molar-refractivity contribution in [3.63, 3.8) is 0 Å². The van der Waals surface area contributed by atoms with Crippen molar-refractivity contribution in [2.75, 3.05) is 11.4 Å². The van der Waals surface area contributed by atoms with Crippen LogP contribution in [0.15, 0.2) is 54.6 Å². The molecule has 2 heterocycles. The Kier molecular flexibility index (Phi) is 3.95. The molecule has 0 aliphatic carbocycles. The van der Waals surface area contributed by atoms with Crippen molar-refractivity contribution < 1.29 is 19.5 Å². The van der Waals surface area contributed by atoms with E-state index in [0.29, 0.717) is 18.7 Å². The van der Waals surface area contributed by atoms with Gasteiger partial charge in [0.15, 0.2) is 0 Å². The number of aromatic carboxylic acids is 1. The topological polar surface area (TPSA) is 77.9 Å². The Morgan fingerprint density at radius 3 is 2.54 bits per heavy atom. The standard InChI is InChI=1S/C20H18N2O4/c23-18(9-13-5-2-1-3-6-13)21-12-16-11-17(21)19(24)22(16)15-8-4-7-14(10-15)20(25)26/h1-8,10,16-17H,9,11-12H2,(H,25,26). The smallest absolute Gasteiger partial charge is 0.335 e. The highest BCUT2D eigenvalue weighted by molar-refractivity contribution is 6.04. The summed E-state index contributed by atoms with van der Waals surface area (Å²) in [5.74, 6) is -1.20. The number of amides is 2. The number of likely N-dealkylation sites (tertiary alicyclic amines) is 1. The monoisotopic (exact) mass is 350 g/mol. The van der Waals surface area contributed by atoms with Crippen LogP contribution in [0.25, 0.3) is 0 Å². The first-order valence-electron chi connectivity index (χ1n) is 8.54. The lowest BCUT2D eigenvalue weighted by molar-refractivity contribution is -0.137. The third-order valence-electron chi connectivity index (χ3n) is 5.06. The largest absolute Gasteiger partial charge is 0.478 e. The van der Waals surface area contributed by atoms with E-state index in [1.54, 1.807) is 21.9 Å². The van der Waals surface area contributed by atoms with Crippen molar-refractivity contribution in [3.05, 3.63) is 65.7 Å². The summed E-state index contributed by atoms with van der Waals surface area (Å²) >= 11 is 0. The Hall–Kier alpha value is -3.15. The van der Waals surface area contributed by atoms with E-state index in [1.165, 1.54) is 12.1 Å². The summed E-state index contributed by atoms with van der Waals surface area (Å²) in [4.78, 5) is 39.9. The molecule has 2 fully saturated rings. The van der Waals surface area contributed by atoms with E-state index in [2.05, 4.69) is 0 Å². The van der Waals surface area contributed by atoms with E-state index in [4.69, 9.17) is 5.11 Å². The van der Waals surface area contributed by atoms with Gasteiger partial charge in [-0.05, 0) is 30.2 Å². The first-order chi connectivity index (χ1) is 12.5. The number of carboxylic acids is 1. The van der Waals surface area contributed by atoms with E-state index in [9.17, 15) is 14.4 Å². The summed E-state index contributed by atoms with van der Waals surface area (Å²) in [5, 5.41) is 9.15. The van der Waals surface area contributed by atoms with Crippen molar-refractivity contribution >= 4 is 23.5 Å². The van der Waals surface area contributed by atoms with Crippen LogP contribution in [-0.4, -0.2) is 46.4 Å². The molecule has 2 aliphatic rings. The van der Waals surface area contributed by atoms with Gasteiger partial charge >= 0.3 is 5.97 Å². The van der Waals surface area contributed by atoms with Gasteiger partial charge in [-0.2, -0.15) is 0 Å². The minimum atomic E-state index is -1.02. The molecule has 0 spiro atoms. The van der Waals surface area contributed by atoms with Gasteiger partial charge in [0.1, 0.15) is 6.04 Å². The fourth-order valence-corrected chi connectivity index (χ4v) is 3.85. The fourth-order valence-electron chi connectivity index (χ4n) is 3.85. The van der Waals surface area contributed by atoms with Crippen LogP contribution in [0.4, 0.5) is 5.69 Å². The van der Waals surface area contributed by atoms with E-state index >= 15 is 0 Å². The molecule has 2 bridgehead atoms. The summed E-state index contributed by atoms with van der Waals surface area (Å²) in [6.45, 7) is 0.485. The fraction of sp³-hybridized carbons (Fsp3) is 0.250. The van der Waals surface area contributed by atoms with Crippen LogP contribution in [-0.2, 0) is 16.0 Å². The van der Waals surface area contributed by atoms with Crippen LogP contribution in [0.1, 0.15) is 22.3 Å². The SMILES string of the molecule is O=C(O)c1cccc(N2C(=O)C3CC2CN3C(=O)Cc2ccccc2)c1. The van der Waals surface area contributed by atoms with Gasteiger partial charge in [0.25, 0.3) is 0 Å². The Labute approximate surface area is 150 Å². The summed E-state index contributed by atoms with van der Waals surface area (Å²) in [5.41, 5.74) is 1.66. The van der Waals surface area contributed by atoms with Gasteiger partial charge in [0.2, 0.25) is 11.8 Å². The number of hydrogen-bond acceptors (Lipinski definition) is 3. The van der Waals surface area contributed by atoms with Crippen molar-refractivity contribution in [1.29, 1.82) is 0 Å². The predicted octanol–water partition coefficient (Wildman–Crippen LogP) is 1.94. The second-order valence-corrected chi connectivity index (χ2v) is 6.68. The molecular weight excluding hydrogens is 332 g/mol. The number of hydrogen-bond donors (Lipinski definition) is 1. The van der Waals surface area contributed by atoms with Gasteiger partial charge < -0.3 is 14.9 Å². The average Bonchev–Trinajstić information content (AvgIpc) is 3.21. The molecule has 6 heteroatoms. The molecule has 0 aromatic heterocycles. The highest BCUT2D eigenvalue weighted by atomic mass is 16.4.